The molecule has 0 bridgehead atoms. The molecule has 0 radical (unpaired) electrons. The average Bonchev–Trinajstić information content (AvgIpc) is 3.18. The number of fused-ring (bicyclic) bond motifs is 1. The highest BCUT2D eigenvalue weighted by Gasteiger charge is 2.42. The summed E-state index contributed by atoms with van der Waals surface area (Å²) in [5, 5.41) is 0. The lowest BCUT2D eigenvalue weighted by Crippen LogP contribution is -2.38. The van der Waals surface area contributed by atoms with Gasteiger partial charge < -0.3 is 9.64 Å². The summed E-state index contributed by atoms with van der Waals surface area (Å²) in [6.45, 7) is 0.831. The number of carbonyl (C=O) groups excluding carboxylic acids is 3. The third-order valence-electron chi connectivity index (χ3n) is 4.89. The Morgan fingerprint density at radius 1 is 1.08 bits per heavy atom. The predicted molar refractivity (Wildman–Crippen MR) is 84.6 cm³/mol. The Bertz CT molecular complexity index is 741. The number of nitrogens with zero attached hydrogens (tertiary/aromatic N) is 2. The van der Waals surface area contributed by atoms with Gasteiger partial charge in [-0.3, -0.25) is 9.59 Å². The SMILES string of the molecule is O=C1CCC2=C(C(=O)N3C(=O)OC[C@H]3c3ccccc3)CCCN12. The van der Waals surface area contributed by atoms with Crippen molar-refractivity contribution in [3.05, 3.63) is 47.2 Å². The molecule has 24 heavy (non-hydrogen) atoms. The number of carbonyl (C=O) groups is 3. The van der Waals surface area contributed by atoms with Crippen molar-refractivity contribution in [1.82, 2.24) is 9.80 Å². The van der Waals surface area contributed by atoms with Gasteiger partial charge in [0.2, 0.25) is 5.91 Å². The van der Waals surface area contributed by atoms with Crippen LogP contribution in [0.1, 0.15) is 37.3 Å². The van der Waals surface area contributed by atoms with E-state index in [0.717, 1.165) is 17.7 Å². The smallest absolute Gasteiger partial charge is 0.417 e. The first-order valence-corrected chi connectivity index (χ1v) is 8.24. The van der Waals surface area contributed by atoms with E-state index in [1.54, 1.807) is 4.90 Å². The third kappa shape index (κ3) is 2.29. The number of amides is 3. The van der Waals surface area contributed by atoms with Crippen molar-refractivity contribution >= 4 is 17.9 Å². The van der Waals surface area contributed by atoms with Crippen molar-refractivity contribution in [2.45, 2.75) is 31.7 Å². The summed E-state index contributed by atoms with van der Waals surface area (Å²) in [4.78, 5) is 40.1. The molecule has 1 atom stereocenters. The van der Waals surface area contributed by atoms with Crippen LogP contribution >= 0.6 is 0 Å². The van der Waals surface area contributed by atoms with Crippen LogP contribution in [0.2, 0.25) is 0 Å². The van der Waals surface area contributed by atoms with Crippen LogP contribution in [0.5, 0.6) is 0 Å². The number of cyclic esters (lactones) is 1. The second-order valence-electron chi connectivity index (χ2n) is 6.25. The molecule has 2 saturated heterocycles. The van der Waals surface area contributed by atoms with Crippen LogP contribution in [0.3, 0.4) is 0 Å². The van der Waals surface area contributed by atoms with E-state index < -0.39 is 12.1 Å². The molecule has 0 unspecified atom stereocenters. The highest BCUT2D eigenvalue weighted by atomic mass is 16.6. The maximum Gasteiger partial charge on any atom is 0.417 e. The molecule has 3 amide bonds. The first-order valence-electron chi connectivity index (χ1n) is 8.24. The topological polar surface area (TPSA) is 66.9 Å². The van der Waals surface area contributed by atoms with Gasteiger partial charge in [0.25, 0.3) is 5.91 Å². The fourth-order valence-corrected chi connectivity index (χ4v) is 3.72. The number of rotatable bonds is 2. The van der Waals surface area contributed by atoms with Crippen LogP contribution in [-0.2, 0) is 14.3 Å². The second kappa shape index (κ2) is 5.78. The minimum atomic E-state index is -0.608. The number of hydrogen-bond donors (Lipinski definition) is 0. The van der Waals surface area contributed by atoms with Gasteiger partial charge in [0, 0.05) is 24.2 Å². The maximum absolute atomic E-state index is 13.1. The van der Waals surface area contributed by atoms with Gasteiger partial charge >= 0.3 is 6.09 Å². The molecular weight excluding hydrogens is 308 g/mol. The Morgan fingerprint density at radius 2 is 1.88 bits per heavy atom. The highest BCUT2D eigenvalue weighted by molar-refractivity contribution is 6.04. The monoisotopic (exact) mass is 326 g/mol. The van der Waals surface area contributed by atoms with Gasteiger partial charge in [-0.15, -0.1) is 0 Å². The number of imide groups is 1. The number of ether oxygens (including phenoxy) is 1. The zero-order chi connectivity index (χ0) is 16.7. The lowest BCUT2D eigenvalue weighted by Gasteiger charge is -2.29. The maximum atomic E-state index is 13.1. The molecule has 6 heteroatoms. The van der Waals surface area contributed by atoms with Gasteiger partial charge in [-0.1, -0.05) is 30.3 Å². The minimum Gasteiger partial charge on any atom is -0.446 e. The summed E-state index contributed by atoms with van der Waals surface area (Å²) in [5.74, 6) is -0.251. The normalized spacial score (nSPS) is 23.6. The summed E-state index contributed by atoms with van der Waals surface area (Å²) in [6.07, 6.45) is 1.76. The van der Waals surface area contributed by atoms with Gasteiger partial charge in [0.1, 0.15) is 12.6 Å². The van der Waals surface area contributed by atoms with E-state index in [4.69, 9.17) is 4.74 Å². The van der Waals surface area contributed by atoms with Crippen molar-refractivity contribution in [3.63, 3.8) is 0 Å². The minimum absolute atomic E-state index is 0.0682. The fraction of sp³-hybridized carbons (Fsp3) is 0.389. The van der Waals surface area contributed by atoms with Crippen LogP contribution in [0.25, 0.3) is 0 Å². The molecule has 1 aromatic rings. The van der Waals surface area contributed by atoms with E-state index in [1.807, 2.05) is 30.3 Å². The van der Waals surface area contributed by atoms with Gasteiger partial charge in [-0.05, 0) is 24.8 Å². The molecule has 3 aliphatic heterocycles. The number of allylic oxidation sites excluding steroid dienone is 1. The summed E-state index contributed by atoms with van der Waals surface area (Å²) in [5.41, 5.74) is 2.26. The first-order chi connectivity index (χ1) is 11.7. The van der Waals surface area contributed by atoms with Crippen LogP contribution in [-0.4, -0.2) is 40.9 Å². The Balaban J connectivity index is 1.69. The molecule has 0 spiro atoms. The van der Waals surface area contributed by atoms with E-state index in [9.17, 15) is 14.4 Å². The molecule has 124 valence electrons. The third-order valence-corrected chi connectivity index (χ3v) is 4.89. The van der Waals surface area contributed by atoms with Crippen molar-refractivity contribution in [3.8, 4) is 0 Å². The second-order valence-corrected chi connectivity index (χ2v) is 6.25. The number of benzene rings is 1. The highest BCUT2D eigenvalue weighted by Crippen LogP contribution is 2.36. The molecule has 0 N–H and O–H groups in total. The van der Waals surface area contributed by atoms with E-state index in [1.165, 1.54) is 4.90 Å². The standard InChI is InChI=1S/C18H18N2O4/c21-16-9-8-14-13(7-4-10-19(14)16)17(22)20-15(11-24-18(20)23)12-5-2-1-3-6-12/h1-3,5-6,15H,4,7-11H2/t15-/m0/s1. The van der Waals surface area contributed by atoms with Crippen LogP contribution < -0.4 is 0 Å². The van der Waals surface area contributed by atoms with E-state index in [-0.39, 0.29) is 18.4 Å². The van der Waals surface area contributed by atoms with E-state index in [0.29, 0.717) is 31.4 Å². The lowest BCUT2D eigenvalue weighted by atomic mass is 9.99. The lowest BCUT2D eigenvalue weighted by molar-refractivity contribution is -0.127. The van der Waals surface area contributed by atoms with Crippen LogP contribution in [0, 0.1) is 0 Å². The van der Waals surface area contributed by atoms with Crippen molar-refractivity contribution < 1.29 is 19.1 Å². The first kappa shape index (κ1) is 14.9. The molecule has 4 rings (SSSR count). The van der Waals surface area contributed by atoms with Crippen molar-refractivity contribution in [1.29, 1.82) is 0 Å². The van der Waals surface area contributed by atoms with Crippen LogP contribution in [0.15, 0.2) is 41.6 Å². The molecule has 3 heterocycles. The Morgan fingerprint density at radius 3 is 2.67 bits per heavy atom. The zero-order valence-electron chi connectivity index (χ0n) is 13.2. The summed E-state index contributed by atoms with van der Waals surface area (Å²) in [6, 6.07) is 9.00. The van der Waals surface area contributed by atoms with Crippen molar-refractivity contribution in [2.24, 2.45) is 0 Å². The number of hydrogen-bond acceptors (Lipinski definition) is 4. The Kier molecular flexibility index (Phi) is 3.59. The fourth-order valence-electron chi connectivity index (χ4n) is 3.72. The average molecular weight is 326 g/mol. The molecule has 0 saturated carbocycles. The van der Waals surface area contributed by atoms with Gasteiger partial charge in [0.15, 0.2) is 0 Å². The van der Waals surface area contributed by atoms with Gasteiger partial charge in [-0.25, -0.2) is 9.69 Å². The molecule has 3 aliphatic rings. The molecule has 2 fully saturated rings. The van der Waals surface area contributed by atoms with Gasteiger partial charge in [-0.2, -0.15) is 0 Å². The predicted octanol–water partition coefficient (Wildman–Crippen LogP) is 2.38. The Hall–Kier alpha value is -2.63. The quantitative estimate of drug-likeness (QED) is 0.837. The molecular formula is C18H18N2O4. The van der Waals surface area contributed by atoms with Crippen molar-refractivity contribution in [2.75, 3.05) is 13.2 Å². The zero-order valence-corrected chi connectivity index (χ0v) is 13.2. The summed E-state index contributed by atoms with van der Waals surface area (Å²) >= 11 is 0. The van der Waals surface area contributed by atoms with E-state index >= 15 is 0 Å². The molecule has 0 aliphatic carbocycles. The summed E-state index contributed by atoms with van der Waals surface area (Å²) < 4.78 is 5.14. The van der Waals surface area contributed by atoms with E-state index in [2.05, 4.69) is 0 Å². The Labute approximate surface area is 139 Å². The van der Waals surface area contributed by atoms with Crippen LogP contribution in [0.4, 0.5) is 4.79 Å². The molecule has 6 nitrogen and oxygen atoms in total. The molecule has 0 aromatic heterocycles. The molecule has 1 aromatic carbocycles. The largest absolute Gasteiger partial charge is 0.446 e. The van der Waals surface area contributed by atoms with Gasteiger partial charge in [0.05, 0.1) is 0 Å². The summed E-state index contributed by atoms with van der Waals surface area (Å²) in [7, 11) is 0.